The summed E-state index contributed by atoms with van der Waals surface area (Å²) in [4.78, 5) is 0. The maximum Gasteiger partial charge on any atom is 0.440 e. The van der Waals surface area contributed by atoms with Crippen molar-refractivity contribution >= 4 is 18.2 Å². The molecule has 0 heterocycles. The van der Waals surface area contributed by atoms with Crippen molar-refractivity contribution in [3.63, 3.8) is 0 Å². The van der Waals surface area contributed by atoms with Crippen LogP contribution in [0.3, 0.4) is 0 Å². The molecule has 0 aliphatic rings. The highest BCUT2D eigenvalue weighted by Gasteiger charge is 2.29. The van der Waals surface area contributed by atoms with Crippen LogP contribution in [-0.2, 0) is 14.5 Å². The van der Waals surface area contributed by atoms with Crippen molar-refractivity contribution in [1.82, 2.24) is 0 Å². The summed E-state index contributed by atoms with van der Waals surface area (Å²) in [6, 6.07) is 7.73. The normalized spacial score (nSPS) is 14.8. The van der Waals surface area contributed by atoms with Crippen LogP contribution in [0.2, 0.25) is 0 Å². The molecule has 0 amide bonds. The molecule has 0 aliphatic carbocycles. The zero-order valence-electron chi connectivity index (χ0n) is 13.0. The van der Waals surface area contributed by atoms with E-state index in [1.54, 1.807) is 0 Å². The Morgan fingerprint density at radius 3 is 2.40 bits per heavy atom. The molecule has 0 saturated heterocycles. The molecule has 1 rings (SSSR count). The predicted molar refractivity (Wildman–Crippen MR) is 87.8 cm³/mol. The maximum atomic E-state index is 12.7. The summed E-state index contributed by atoms with van der Waals surface area (Å²) in [6.45, 7) is 7.46. The van der Waals surface area contributed by atoms with Crippen molar-refractivity contribution in [1.29, 1.82) is 0 Å². The lowest BCUT2D eigenvalue weighted by Crippen LogP contribution is -2.13. The van der Waals surface area contributed by atoms with Gasteiger partial charge in [-0.25, -0.2) is 4.57 Å². The second-order valence-electron chi connectivity index (χ2n) is 5.54. The van der Waals surface area contributed by atoms with Crippen molar-refractivity contribution in [2.75, 3.05) is 12.4 Å². The van der Waals surface area contributed by atoms with Gasteiger partial charge in [-0.1, -0.05) is 45.9 Å². The number of hydrogen-bond donors (Lipinski definition) is 0. The van der Waals surface area contributed by atoms with Gasteiger partial charge in [0.2, 0.25) is 0 Å². The average Bonchev–Trinajstić information content (AvgIpc) is 2.36. The Morgan fingerprint density at radius 1 is 1.20 bits per heavy atom. The van der Waals surface area contributed by atoms with Crippen molar-refractivity contribution < 1.29 is 13.6 Å². The van der Waals surface area contributed by atoms with E-state index in [1.807, 2.05) is 38.1 Å². The first-order chi connectivity index (χ1) is 9.32. The van der Waals surface area contributed by atoms with E-state index in [2.05, 4.69) is 20.8 Å². The van der Waals surface area contributed by atoms with Crippen LogP contribution in [0.4, 0.5) is 0 Å². The fourth-order valence-corrected chi connectivity index (χ4v) is 5.20. The molecular formula is C15H25O3PS. The van der Waals surface area contributed by atoms with E-state index in [0.29, 0.717) is 12.4 Å². The number of hydrogen-bond acceptors (Lipinski definition) is 4. The van der Waals surface area contributed by atoms with Gasteiger partial charge in [0.15, 0.2) is 0 Å². The van der Waals surface area contributed by atoms with Crippen molar-refractivity contribution in [3.8, 4) is 5.75 Å². The lowest BCUT2D eigenvalue weighted by Gasteiger charge is -2.25. The van der Waals surface area contributed by atoms with Gasteiger partial charge in [-0.3, -0.25) is 4.52 Å². The lowest BCUT2D eigenvalue weighted by molar-refractivity contribution is 0.294. The Morgan fingerprint density at radius 2 is 1.85 bits per heavy atom. The molecule has 20 heavy (non-hydrogen) atoms. The summed E-state index contributed by atoms with van der Waals surface area (Å²) in [6.07, 6.45) is 0.937. The molecule has 1 aromatic rings. The summed E-state index contributed by atoms with van der Waals surface area (Å²) >= 11 is 1.27. The first-order valence-corrected chi connectivity index (χ1v) is 10.1. The largest absolute Gasteiger partial charge is 0.440 e. The fourth-order valence-electron chi connectivity index (χ4n) is 1.74. The highest BCUT2D eigenvalue weighted by atomic mass is 32.7. The summed E-state index contributed by atoms with van der Waals surface area (Å²) in [5, 5.41) is 0. The molecule has 0 radical (unpaired) electrons. The molecule has 0 unspecified atom stereocenters. The van der Waals surface area contributed by atoms with Crippen LogP contribution in [0.5, 0.6) is 5.75 Å². The third-order valence-electron chi connectivity index (χ3n) is 2.65. The van der Waals surface area contributed by atoms with E-state index in [1.165, 1.54) is 11.4 Å². The molecule has 1 aromatic carbocycles. The van der Waals surface area contributed by atoms with E-state index in [-0.39, 0.29) is 5.41 Å². The van der Waals surface area contributed by atoms with E-state index in [4.69, 9.17) is 9.05 Å². The minimum absolute atomic E-state index is 0.0664. The van der Waals surface area contributed by atoms with E-state index >= 15 is 0 Å². The lowest BCUT2D eigenvalue weighted by atomic mass is 9.86. The van der Waals surface area contributed by atoms with Gasteiger partial charge in [-0.15, -0.1) is 0 Å². The summed E-state index contributed by atoms with van der Waals surface area (Å²) in [7, 11) is 0. The SMILES string of the molecule is CCCS[P@](=O)(OCC)Oc1ccccc1C(C)(C)C. The van der Waals surface area contributed by atoms with Crippen LogP contribution >= 0.6 is 18.2 Å². The predicted octanol–water partition coefficient (Wildman–Crippen LogP) is 5.65. The van der Waals surface area contributed by atoms with Crippen LogP contribution < -0.4 is 4.52 Å². The van der Waals surface area contributed by atoms with Gasteiger partial charge in [-0.2, -0.15) is 0 Å². The molecule has 5 heteroatoms. The van der Waals surface area contributed by atoms with Crippen molar-refractivity contribution in [2.45, 2.75) is 46.5 Å². The fraction of sp³-hybridized carbons (Fsp3) is 0.600. The summed E-state index contributed by atoms with van der Waals surface area (Å²) in [5.41, 5.74) is 0.973. The second kappa shape index (κ2) is 7.53. The molecule has 0 aromatic heterocycles. The van der Waals surface area contributed by atoms with E-state index < -0.39 is 6.80 Å². The third kappa shape index (κ3) is 5.16. The molecule has 0 bridgehead atoms. The molecule has 0 fully saturated rings. The molecule has 1 atom stereocenters. The minimum Gasteiger partial charge on any atom is -0.417 e. The number of benzene rings is 1. The topological polar surface area (TPSA) is 35.5 Å². The van der Waals surface area contributed by atoms with Gasteiger partial charge in [0.1, 0.15) is 5.75 Å². The molecule has 0 aliphatic heterocycles. The van der Waals surface area contributed by atoms with Crippen LogP contribution in [0.1, 0.15) is 46.6 Å². The van der Waals surface area contributed by atoms with Gasteiger partial charge < -0.3 is 4.52 Å². The van der Waals surface area contributed by atoms with E-state index in [9.17, 15) is 4.57 Å². The molecule has 0 N–H and O–H groups in total. The van der Waals surface area contributed by atoms with Gasteiger partial charge in [-0.05, 0) is 36.2 Å². The van der Waals surface area contributed by atoms with Gasteiger partial charge >= 0.3 is 6.80 Å². The Kier molecular flexibility index (Phi) is 6.63. The molecule has 0 spiro atoms. The Bertz CT molecular complexity index is 468. The quantitative estimate of drug-likeness (QED) is 0.609. The average molecular weight is 316 g/mol. The smallest absolute Gasteiger partial charge is 0.417 e. The minimum atomic E-state index is -3.14. The van der Waals surface area contributed by atoms with Crippen LogP contribution in [0, 0.1) is 0 Å². The summed E-state index contributed by atoms with van der Waals surface area (Å²) < 4.78 is 23.9. The number of rotatable bonds is 7. The zero-order chi connectivity index (χ0) is 15.2. The summed E-state index contributed by atoms with van der Waals surface area (Å²) in [5.74, 6) is 1.41. The molecule has 3 nitrogen and oxygen atoms in total. The number of para-hydroxylation sites is 1. The first-order valence-electron chi connectivity index (χ1n) is 7.00. The maximum absolute atomic E-state index is 12.7. The Hall–Kier alpha value is -0.440. The molecule has 114 valence electrons. The van der Waals surface area contributed by atoms with Gasteiger partial charge in [0.25, 0.3) is 0 Å². The zero-order valence-corrected chi connectivity index (χ0v) is 14.7. The van der Waals surface area contributed by atoms with Crippen LogP contribution in [0.25, 0.3) is 0 Å². The molecule has 0 saturated carbocycles. The second-order valence-corrected chi connectivity index (χ2v) is 9.65. The Labute approximate surface area is 126 Å². The Balaban J connectivity index is 3.03. The van der Waals surface area contributed by atoms with Crippen LogP contribution in [-0.4, -0.2) is 12.4 Å². The third-order valence-corrected chi connectivity index (χ3v) is 6.58. The van der Waals surface area contributed by atoms with Crippen molar-refractivity contribution in [2.24, 2.45) is 0 Å². The van der Waals surface area contributed by atoms with Gasteiger partial charge in [0, 0.05) is 11.3 Å². The highest BCUT2D eigenvalue weighted by molar-refractivity contribution is 8.55. The molecular weight excluding hydrogens is 291 g/mol. The van der Waals surface area contributed by atoms with Crippen molar-refractivity contribution in [3.05, 3.63) is 29.8 Å². The highest BCUT2D eigenvalue weighted by Crippen LogP contribution is 2.60. The van der Waals surface area contributed by atoms with E-state index in [0.717, 1.165) is 17.7 Å². The van der Waals surface area contributed by atoms with Gasteiger partial charge in [0.05, 0.1) is 6.61 Å². The monoisotopic (exact) mass is 316 g/mol. The first kappa shape index (κ1) is 17.6. The standard InChI is InChI=1S/C15H25O3PS/c1-6-12-20-19(16,17-7-2)18-14-11-9-8-10-13(14)15(3,4)5/h8-11H,6-7,12H2,1-5H3/t19-/m1/s1. The van der Waals surface area contributed by atoms with Crippen LogP contribution in [0.15, 0.2) is 24.3 Å².